The van der Waals surface area contributed by atoms with Crippen molar-refractivity contribution < 1.29 is 22.7 Å². The number of nitriles is 1. The average Bonchev–Trinajstić information content (AvgIpc) is 3.10. The highest BCUT2D eigenvalue weighted by Gasteiger charge is 2.21. The van der Waals surface area contributed by atoms with Crippen LogP contribution in [0.3, 0.4) is 0 Å². The third-order valence-electron chi connectivity index (χ3n) is 4.64. The zero-order chi connectivity index (χ0) is 20.1. The van der Waals surface area contributed by atoms with Crippen LogP contribution in [0.5, 0.6) is 5.75 Å². The SMILES string of the molecule is N#Cc1c(COc2ccc(S(=O)(=O)CCO)cc2F)cnn1C1CCNCC1. The topological polar surface area (TPSA) is 117 Å². The second-order valence-corrected chi connectivity index (χ2v) is 8.59. The highest BCUT2D eigenvalue weighted by Crippen LogP contribution is 2.25. The second-order valence-electron chi connectivity index (χ2n) is 6.48. The number of sulfone groups is 1. The summed E-state index contributed by atoms with van der Waals surface area (Å²) in [5, 5.41) is 25.9. The number of aliphatic hydroxyl groups excluding tert-OH is 1. The Hall–Kier alpha value is -2.48. The standard InChI is InChI=1S/C18H21FN4O4S/c19-16-9-15(28(25,26)8-7-24)1-2-18(16)27-12-13-11-22-23(17(13)10-20)14-3-5-21-6-4-14/h1-2,9,11,14,21,24H,3-8,12H2. The zero-order valence-corrected chi connectivity index (χ0v) is 16.0. The monoisotopic (exact) mass is 408 g/mol. The van der Waals surface area contributed by atoms with Crippen LogP contribution in [0.25, 0.3) is 0 Å². The van der Waals surface area contributed by atoms with E-state index in [1.165, 1.54) is 12.1 Å². The fraction of sp³-hybridized carbons (Fsp3) is 0.444. The molecular weight excluding hydrogens is 387 g/mol. The van der Waals surface area contributed by atoms with E-state index in [0.29, 0.717) is 11.3 Å². The molecule has 0 saturated carbocycles. The fourth-order valence-corrected chi connectivity index (χ4v) is 4.17. The minimum absolute atomic E-state index is 0.0620. The first-order valence-corrected chi connectivity index (χ1v) is 10.5. The van der Waals surface area contributed by atoms with Crippen LogP contribution >= 0.6 is 0 Å². The van der Waals surface area contributed by atoms with Crippen LogP contribution in [0.15, 0.2) is 29.3 Å². The first-order valence-electron chi connectivity index (χ1n) is 8.89. The quantitative estimate of drug-likeness (QED) is 0.706. The van der Waals surface area contributed by atoms with E-state index >= 15 is 0 Å². The third-order valence-corrected chi connectivity index (χ3v) is 6.33. The van der Waals surface area contributed by atoms with Gasteiger partial charge in [-0.2, -0.15) is 10.4 Å². The molecule has 0 atom stereocenters. The molecule has 2 N–H and O–H groups in total. The van der Waals surface area contributed by atoms with Crippen molar-refractivity contribution in [1.82, 2.24) is 15.1 Å². The third kappa shape index (κ3) is 4.32. The maximum absolute atomic E-state index is 14.3. The van der Waals surface area contributed by atoms with E-state index in [1.54, 1.807) is 10.9 Å². The summed E-state index contributed by atoms with van der Waals surface area (Å²) in [6.45, 7) is 1.11. The smallest absolute Gasteiger partial charge is 0.180 e. The Balaban J connectivity index is 1.74. The van der Waals surface area contributed by atoms with Gasteiger partial charge in [0.05, 0.1) is 29.5 Å². The van der Waals surface area contributed by atoms with E-state index in [4.69, 9.17) is 9.84 Å². The van der Waals surface area contributed by atoms with Gasteiger partial charge in [0, 0.05) is 5.56 Å². The molecular formula is C18H21FN4O4S. The lowest BCUT2D eigenvalue weighted by Crippen LogP contribution is -2.30. The highest BCUT2D eigenvalue weighted by molar-refractivity contribution is 7.91. The number of nitrogens with one attached hydrogen (secondary N) is 1. The Bertz CT molecular complexity index is 978. The Morgan fingerprint density at radius 3 is 2.79 bits per heavy atom. The summed E-state index contributed by atoms with van der Waals surface area (Å²) in [4.78, 5) is -0.220. The van der Waals surface area contributed by atoms with E-state index in [1.807, 2.05) is 0 Å². The van der Waals surface area contributed by atoms with Crippen molar-refractivity contribution in [3.63, 3.8) is 0 Å². The first-order chi connectivity index (χ1) is 13.5. The fourth-order valence-electron chi connectivity index (χ4n) is 3.14. The van der Waals surface area contributed by atoms with Crippen LogP contribution < -0.4 is 10.1 Å². The molecule has 0 unspecified atom stereocenters. The zero-order valence-electron chi connectivity index (χ0n) is 15.1. The molecule has 1 fully saturated rings. The number of aliphatic hydroxyl groups is 1. The maximum Gasteiger partial charge on any atom is 0.180 e. The first kappa shape index (κ1) is 20.3. The van der Waals surface area contributed by atoms with Crippen LogP contribution in [0.2, 0.25) is 0 Å². The van der Waals surface area contributed by atoms with Crippen molar-refractivity contribution in [2.45, 2.75) is 30.4 Å². The van der Waals surface area contributed by atoms with Crippen LogP contribution in [0.4, 0.5) is 4.39 Å². The van der Waals surface area contributed by atoms with Crippen molar-refractivity contribution in [1.29, 1.82) is 5.26 Å². The van der Waals surface area contributed by atoms with Gasteiger partial charge in [-0.3, -0.25) is 4.68 Å². The minimum Gasteiger partial charge on any atom is -0.486 e. The van der Waals surface area contributed by atoms with E-state index in [0.717, 1.165) is 32.0 Å². The molecule has 1 aromatic carbocycles. The van der Waals surface area contributed by atoms with Gasteiger partial charge < -0.3 is 15.2 Å². The van der Waals surface area contributed by atoms with Crippen LogP contribution in [-0.4, -0.2) is 48.8 Å². The van der Waals surface area contributed by atoms with Gasteiger partial charge in [0.15, 0.2) is 21.4 Å². The molecule has 1 aliphatic rings. The Kier molecular flexibility index (Phi) is 6.28. The molecule has 2 aromatic rings. The Labute approximate surface area is 162 Å². The molecule has 10 heteroatoms. The normalized spacial score (nSPS) is 15.3. The number of piperidine rings is 1. The molecule has 1 aliphatic heterocycles. The molecule has 0 spiro atoms. The maximum atomic E-state index is 14.3. The second kappa shape index (κ2) is 8.68. The van der Waals surface area contributed by atoms with Crippen LogP contribution in [-0.2, 0) is 16.4 Å². The molecule has 2 heterocycles. The number of ether oxygens (including phenoxy) is 1. The number of halogens is 1. The van der Waals surface area contributed by atoms with Gasteiger partial charge in [0.25, 0.3) is 0 Å². The summed E-state index contributed by atoms with van der Waals surface area (Å²) in [5.74, 6) is -1.43. The summed E-state index contributed by atoms with van der Waals surface area (Å²) >= 11 is 0. The Morgan fingerprint density at radius 2 is 2.14 bits per heavy atom. The Morgan fingerprint density at radius 1 is 1.39 bits per heavy atom. The van der Waals surface area contributed by atoms with Crippen molar-refractivity contribution in [3.8, 4) is 11.8 Å². The van der Waals surface area contributed by atoms with E-state index in [-0.39, 0.29) is 23.3 Å². The van der Waals surface area contributed by atoms with Gasteiger partial charge >= 0.3 is 0 Å². The molecule has 3 rings (SSSR count). The van der Waals surface area contributed by atoms with Crippen molar-refractivity contribution in [2.75, 3.05) is 25.4 Å². The lowest BCUT2D eigenvalue weighted by Gasteiger charge is -2.23. The van der Waals surface area contributed by atoms with Crippen LogP contribution in [0.1, 0.15) is 30.1 Å². The predicted octanol–water partition coefficient (Wildman–Crippen LogP) is 1.16. The number of nitrogens with zero attached hydrogens (tertiary/aromatic N) is 3. The molecule has 0 radical (unpaired) electrons. The van der Waals surface area contributed by atoms with Crippen molar-refractivity contribution >= 4 is 9.84 Å². The van der Waals surface area contributed by atoms with Gasteiger partial charge in [-0.1, -0.05) is 0 Å². The summed E-state index contributed by atoms with van der Waals surface area (Å²) < 4.78 is 45.2. The number of aromatic nitrogens is 2. The van der Waals surface area contributed by atoms with Gasteiger partial charge in [-0.25, -0.2) is 12.8 Å². The molecule has 28 heavy (non-hydrogen) atoms. The average molecular weight is 408 g/mol. The molecule has 0 amide bonds. The summed E-state index contributed by atoms with van der Waals surface area (Å²) in [6.07, 6.45) is 3.28. The van der Waals surface area contributed by atoms with E-state index < -0.39 is 28.0 Å². The number of hydrogen-bond acceptors (Lipinski definition) is 7. The molecule has 1 aromatic heterocycles. The van der Waals surface area contributed by atoms with Gasteiger partial charge in [-0.15, -0.1) is 0 Å². The molecule has 1 saturated heterocycles. The highest BCUT2D eigenvalue weighted by atomic mass is 32.2. The van der Waals surface area contributed by atoms with Gasteiger partial charge in [-0.05, 0) is 44.1 Å². The largest absolute Gasteiger partial charge is 0.486 e. The minimum atomic E-state index is -3.74. The molecule has 0 bridgehead atoms. The number of benzene rings is 1. The number of hydrogen-bond donors (Lipinski definition) is 2. The van der Waals surface area contributed by atoms with Crippen molar-refractivity contribution in [3.05, 3.63) is 41.5 Å². The summed E-state index contributed by atoms with van der Waals surface area (Å²) in [6, 6.07) is 5.59. The van der Waals surface area contributed by atoms with E-state index in [2.05, 4.69) is 16.5 Å². The predicted molar refractivity (Wildman–Crippen MR) is 98.0 cm³/mol. The summed E-state index contributed by atoms with van der Waals surface area (Å²) in [5.41, 5.74) is 0.923. The van der Waals surface area contributed by atoms with Crippen LogP contribution in [0, 0.1) is 17.1 Å². The van der Waals surface area contributed by atoms with Gasteiger partial charge in [0.2, 0.25) is 0 Å². The lowest BCUT2D eigenvalue weighted by atomic mass is 10.1. The molecule has 8 nitrogen and oxygen atoms in total. The lowest BCUT2D eigenvalue weighted by molar-refractivity contribution is 0.288. The van der Waals surface area contributed by atoms with Crippen molar-refractivity contribution in [2.24, 2.45) is 0 Å². The van der Waals surface area contributed by atoms with E-state index in [9.17, 15) is 18.1 Å². The number of rotatable bonds is 7. The molecule has 150 valence electrons. The van der Waals surface area contributed by atoms with Gasteiger partial charge in [0.1, 0.15) is 18.4 Å². The summed E-state index contributed by atoms with van der Waals surface area (Å²) in [7, 11) is -3.74. The molecule has 0 aliphatic carbocycles.